The van der Waals surface area contributed by atoms with Gasteiger partial charge < -0.3 is 19.7 Å². The van der Waals surface area contributed by atoms with Crippen LogP contribution in [0, 0.1) is 13.8 Å². The fourth-order valence-electron chi connectivity index (χ4n) is 5.64. The Morgan fingerprint density at radius 2 is 1.84 bits per heavy atom. The molecule has 3 amide bonds. The number of rotatable bonds is 5. The second kappa shape index (κ2) is 9.82. The molecule has 2 aliphatic heterocycles. The van der Waals surface area contributed by atoms with E-state index in [1.807, 2.05) is 47.6 Å². The lowest BCUT2D eigenvalue weighted by atomic mass is 9.94. The molecule has 5 rings (SSSR count). The molecule has 37 heavy (non-hydrogen) atoms. The summed E-state index contributed by atoms with van der Waals surface area (Å²) in [7, 11) is 0. The van der Waals surface area contributed by atoms with Crippen LogP contribution in [-0.2, 0) is 29.1 Å². The van der Waals surface area contributed by atoms with Crippen molar-refractivity contribution in [2.75, 3.05) is 13.1 Å². The largest absolute Gasteiger partial charge is 0.348 e. The summed E-state index contributed by atoms with van der Waals surface area (Å²) >= 11 is 3.60. The van der Waals surface area contributed by atoms with E-state index >= 15 is 0 Å². The van der Waals surface area contributed by atoms with E-state index in [4.69, 9.17) is 0 Å². The number of fused-ring (bicyclic) bond motifs is 2. The van der Waals surface area contributed by atoms with Crippen molar-refractivity contribution in [1.82, 2.24) is 19.7 Å². The molecule has 0 spiro atoms. The summed E-state index contributed by atoms with van der Waals surface area (Å²) in [5.74, 6) is -0.285. The topological polar surface area (TPSA) is 74.6 Å². The Morgan fingerprint density at radius 3 is 2.54 bits per heavy atom. The number of hydrogen-bond donors (Lipinski definition) is 1. The van der Waals surface area contributed by atoms with Gasteiger partial charge in [0.25, 0.3) is 5.91 Å². The van der Waals surface area contributed by atoms with Crippen molar-refractivity contribution in [3.05, 3.63) is 81.5 Å². The summed E-state index contributed by atoms with van der Waals surface area (Å²) in [5.41, 5.74) is 5.77. The number of likely N-dealkylation sites (tertiary alicyclic amines) is 1. The molecule has 7 nitrogen and oxygen atoms in total. The SMILES string of the molecule is C=CC(=O)N1CC(NC(=O)Cn2c(C)c(C(=O)N3Cc4ccccc4CC3C)c3cc(Br)cc(C)c32)C1. The van der Waals surface area contributed by atoms with Gasteiger partial charge in [0.15, 0.2) is 0 Å². The molecule has 0 saturated carbocycles. The van der Waals surface area contributed by atoms with Crippen molar-refractivity contribution < 1.29 is 14.4 Å². The minimum atomic E-state index is -0.141. The minimum Gasteiger partial charge on any atom is -0.348 e. The molecule has 192 valence electrons. The molecule has 1 unspecified atom stereocenters. The van der Waals surface area contributed by atoms with Crippen LogP contribution in [0.25, 0.3) is 10.9 Å². The maximum Gasteiger partial charge on any atom is 0.256 e. The number of aromatic nitrogens is 1. The van der Waals surface area contributed by atoms with Crippen LogP contribution in [0.5, 0.6) is 0 Å². The molecular weight excluding hydrogens is 532 g/mol. The maximum absolute atomic E-state index is 14.1. The Morgan fingerprint density at radius 1 is 1.14 bits per heavy atom. The van der Waals surface area contributed by atoms with Crippen molar-refractivity contribution in [1.29, 1.82) is 0 Å². The van der Waals surface area contributed by atoms with Crippen LogP contribution in [0.15, 0.2) is 53.5 Å². The third-order valence-corrected chi connectivity index (χ3v) is 8.04. The van der Waals surface area contributed by atoms with Gasteiger partial charge in [0.1, 0.15) is 6.54 Å². The van der Waals surface area contributed by atoms with Crippen LogP contribution < -0.4 is 5.32 Å². The second-order valence-electron chi connectivity index (χ2n) is 10.1. The van der Waals surface area contributed by atoms with Gasteiger partial charge in [-0.25, -0.2) is 0 Å². The van der Waals surface area contributed by atoms with Gasteiger partial charge in [0, 0.05) is 41.2 Å². The predicted molar refractivity (Wildman–Crippen MR) is 147 cm³/mol. The molecule has 8 heteroatoms. The average molecular weight is 563 g/mol. The fraction of sp³-hybridized carbons (Fsp3) is 0.345. The first-order valence-corrected chi connectivity index (χ1v) is 13.3. The molecule has 1 atom stereocenters. The van der Waals surface area contributed by atoms with E-state index in [1.54, 1.807) is 4.90 Å². The highest BCUT2D eigenvalue weighted by molar-refractivity contribution is 9.10. The van der Waals surface area contributed by atoms with E-state index in [-0.39, 0.29) is 36.3 Å². The number of carbonyl (C=O) groups excluding carboxylic acids is 3. The van der Waals surface area contributed by atoms with Crippen molar-refractivity contribution in [3.63, 3.8) is 0 Å². The monoisotopic (exact) mass is 562 g/mol. The van der Waals surface area contributed by atoms with Gasteiger partial charge in [-0.15, -0.1) is 0 Å². The standard InChI is InChI=1S/C29H31BrN4O3/c1-5-26(36)32-14-23(15-32)31-25(35)16-34-19(4)27(24-12-22(30)10-17(2)28(24)34)29(37)33-13-21-9-7-6-8-20(21)11-18(33)3/h5-10,12,18,23H,1,11,13-16H2,2-4H3,(H,31,35). The maximum atomic E-state index is 14.1. The quantitative estimate of drug-likeness (QED) is 0.475. The molecule has 0 bridgehead atoms. The summed E-state index contributed by atoms with van der Waals surface area (Å²) in [4.78, 5) is 42.4. The summed E-state index contributed by atoms with van der Waals surface area (Å²) in [6.45, 7) is 11.1. The first-order valence-electron chi connectivity index (χ1n) is 12.5. The van der Waals surface area contributed by atoms with E-state index in [2.05, 4.69) is 46.9 Å². The van der Waals surface area contributed by atoms with Gasteiger partial charge in [-0.2, -0.15) is 0 Å². The molecule has 2 aliphatic rings. The second-order valence-corrected chi connectivity index (χ2v) is 11.0. The van der Waals surface area contributed by atoms with E-state index < -0.39 is 0 Å². The van der Waals surface area contributed by atoms with Crippen molar-refractivity contribution >= 4 is 44.6 Å². The number of hydrogen-bond acceptors (Lipinski definition) is 3. The van der Waals surface area contributed by atoms with Crippen LogP contribution in [0.3, 0.4) is 0 Å². The van der Waals surface area contributed by atoms with Crippen molar-refractivity contribution in [2.45, 2.75) is 52.4 Å². The van der Waals surface area contributed by atoms with E-state index in [9.17, 15) is 14.4 Å². The molecule has 1 saturated heterocycles. The first kappa shape index (κ1) is 25.3. The Kier molecular flexibility index (Phi) is 6.70. The number of halogens is 1. The number of carbonyl (C=O) groups is 3. The van der Waals surface area contributed by atoms with Gasteiger partial charge >= 0.3 is 0 Å². The molecule has 1 N–H and O–H groups in total. The summed E-state index contributed by atoms with van der Waals surface area (Å²) < 4.78 is 2.85. The Hall–Kier alpha value is -3.39. The zero-order valence-corrected chi connectivity index (χ0v) is 23.0. The van der Waals surface area contributed by atoms with E-state index in [0.29, 0.717) is 25.2 Å². The number of nitrogens with one attached hydrogen (secondary N) is 1. The Balaban J connectivity index is 1.45. The van der Waals surface area contributed by atoms with Gasteiger partial charge in [-0.05, 0) is 62.1 Å². The molecule has 3 aromatic rings. The summed E-state index contributed by atoms with van der Waals surface area (Å²) in [5, 5.41) is 3.87. The third-order valence-electron chi connectivity index (χ3n) is 7.59. The highest BCUT2D eigenvalue weighted by atomic mass is 79.9. The normalized spacial score (nSPS) is 17.4. The molecule has 1 fully saturated rings. The number of aryl methyl sites for hydroxylation is 1. The molecule has 2 aromatic carbocycles. The van der Waals surface area contributed by atoms with E-state index in [0.717, 1.165) is 33.1 Å². The Labute approximate surface area is 225 Å². The summed E-state index contributed by atoms with van der Waals surface area (Å²) in [6, 6.07) is 12.3. The average Bonchev–Trinajstić information content (AvgIpc) is 3.10. The van der Waals surface area contributed by atoms with Gasteiger partial charge in [0.2, 0.25) is 11.8 Å². The van der Waals surface area contributed by atoms with Crippen molar-refractivity contribution in [3.8, 4) is 0 Å². The van der Waals surface area contributed by atoms with Crippen LogP contribution in [0.4, 0.5) is 0 Å². The summed E-state index contributed by atoms with van der Waals surface area (Å²) in [6.07, 6.45) is 2.10. The van der Waals surface area contributed by atoms with Crippen LogP contribution >= 0.6 is 15.9 Å². The lowest BCUT2D eigenvalue weighted by Gasteiger charge is -2.39. The van der Waals surface area contributed by atoms with Gasteiger partial charge in [-0.3, -0.25) is 14.4 Å². The molecule has 0 radical (unpaired) electrons. The number of nitrogens with zero attached hydrogens (tertiary/aromatic N) is 3. The zero-order chi connectivity index (χ0) is 26.4. The number of benzene rings is 2. The van der Waals surface area contributed by atoms with Gasteiger partial charge in [-0.1, -0.05) is 46.8 Å². The first-order chi connectivity index (χ1) is 17.7. The molecule has 3 heterocycles. The van der Waals surface area contributed by atoms with E-state index in [1.165, 1.54) is 17.2 Å². The minimum absolute atomic E-state index is 0.0151. The van der Waals surface area contributed by atoms with Crippen LogP contribution in [0.2, 0.25) is 0 Å². The smallest absolute Gasteiger partial charge is 0.256 e. The predicted octanol–water partition coefficient (Wildman–Crippen LogP) is 4.12. The number of amides is 3. The molecule has 0 aliphatic carbocycles. The zero-order valence-electron chi connectivity index (χ0n) is 21.4. The highest BCUT2D eigenvalue weighted by Crippen LogP contribution is 2.34. The molecular formula is C29H31BrN4O3. The lowest BCUT2D eigenvalue weighted by Crippen LogP contribution is -2.61. The lowest BCUT2D eigenvalue weighted by molar-refractivity contribution is -0.133. The van der Waals surface area contributed by atoms with Crippen molar-refractivity contribution in [2.24, 2.45) is 0 Å². The fourth-order valence-corrected chi connectivity index (χ4v) is 6.21. The third kappa shape index (κ3) is 4.59. The van der Waals surface area contributed by atoms with Crippen LogP contribution in [-0.4, -0.2) is 57.3 Å². The van der Waals surface area contributed by atoms with Crippen LogP contribution in [0.1, 0.15) is 39.7 Å². The van der Waals surface area contributed by atoms with Gasteiger partial charge in [0.05, 0.1) is 17.1 Å². The highest BCUT2D eigenvalue weighted by Gasteiger charge is 2.33. The molecule has 1 aromatic heterocycles. The Bertz CT molecular complexity index is 1440.